The molecule has 338 valence electrons. The predicted molar refractivity (Wildman–Crippen MR) is 297 cm³/mol. The zero-order chi connectivity index (χ0) is 47.7. The number of aryl methyl sites for hydroxylation is 2. The van der Waals surface area contributed by atoms with Gasteiger partial charge in [-0.15, -0.1) is 0 Å². The molecule has 0 radical (unpaired) electrons. The molecule has 0 aromatic heterocycles. The third kappa shape index (κ3) is 7.01. The molecule has 0 bridgehead atoms. The van der Waals surface area contributed by atoms with Crippen LogP contribution < -0.4 is 9.80 Å². The topological polar surface area (TPSA) is 6.48 Å². The number of hydrogen-bond donors (Lipinski definition) is 0. The van der Waals surface area contributed by atoms with E-state index in [1.165, 1.54) is 89.0 Å². The van der Waals surface area contributed by atoms with Gasteiger partial charge in [0.15, 0.2) is 0 Å². The molecule has 12 rings (SSSR count). The van der Waals surface area contributed by atoms with Crippen molar-refractivity contribution < 1.29 is 0 Å². The summed E-state index contributed by atoms with van der Waals surface area (Å²) in [5.41, 5.74) is 27.0. The molecule has 0 spiro atoms. The van der Waals surface area contributed by atoms with Crippen molar-refractivity contribution in [2.24, 2.45) is 0 Å². The average molecular weight is 901 g/mol. The fourth-order valence-electron chi connectivity index (χ4n) is 11.8. The van der Waals surface area contributed by atoms with Gasteiger partial charge in [-0.3, -0.25) is 0 Å². The first kappa shape index (κ1) is 43.1. The van der Waals surface area contributed by atoms with E-state index in [4.69, 9.17) is 0 Å². The molecule has 0 saturated carbocycles. The summed E-state index contributed by atoms with van der Waals surface area (Å²) in [6.45, 7) is 14.0. The van der Waals surface area contributed by atoms with Crippen LogP contribution >= 0.6 is 0 Å². The average Bonchev–Trinajstić information content (AvgIpc) is 3.76. The van der Waals surface area contributed by atoms with Crippen molar-refractivity contribution in [1.82, 2.24) is 0 Å². The van der Waals surface area contributed by atoms with E-state index in [2.05, 4.69) is 282 Å². The molecular weight excluding hydrogens is 845 g/mol. The van der Waals surface area contributed by atoms with Gasteiger partial charge in [-0.25, -0.2) is 0 Å². The molecule has 10 aromatic rings. The summed E-state index contributed by atoms with van der Waals surface area (Å²) in [6, 6.07) is 85.3. The molecule has 2 aliphatic rings. The smallest absolute Gasteiger partial charge is 0.0540 e. The van der Waals surface area contributed by atoms with Gasteiger partial charge in [0.05, 0.1) is 11.4 Å². The summed E-state index contributed by atoms with van der Waals surface area (Å²) in [4.78, 5) is 4.93. The van der Waals surface area contributed by atoms with Crippen molar-refractivity contribution in [3.8, 4) is 55.6 Å². The Kier molecular flexibility index (Phi) is 10.3. The van der Waals surface area contributed by atoms with Gasteiger partial charge in [-0.1, -0.05) is 198 Å². The quantitative estimate of drug-likeness (QED) is 0.142. The first-order valence-electron chi connectivity index (χ1n) is 24.7. The van der Waals surface area contributed by atoms with Gasteiger partial charge in [0, 0.05) is 44.7 Å². The van der Waals surface area contributed by atoms with Crippen molar-refractivity contribution in [3.63, 3.8) is 0 Å². The Balaban J connectivity index is 0.970. The minimum absolute atomic E-state index is 0.127. The van der Waals surface area contributed by atoms with Gasteiger partial charge < -0.3 is 9.80 Å². The first-order chi connectivity index (χ1) is 34.1. The van der Waals surface area contributed by atoms with Crippen LogP contribution in [0.15, 0.2) is 231 Å². The Morgan fingerprint density at radius 3 is 0.943 bits per heavy atom. The van der Waals surface area contributed by atoms with E-state index in [9.17, 15) is 0 Å². The number of anilines is 6. The Labute approximate surface area is 413 Å². The first-order valence-corrected chi connectivity index (χ1v) is 24.7. The highest BCUT2D eigenvalue weighted by Gasteiger charge is 2.37. The molecule has 2 nitrogen and oxygen atoms in total. The summed E-state index contributed by atoms with van der Waals surface area (Å²) in [6.07, 6.45) is 0. The van der Waals surface area contributed by atoms with Crippen LogP contribution in [-0.4, -0.2) is 0 Å². The van der Waals surface area contributed by atoms with Crippen molar-refractivity contribution in [3.05, 3.63) is 264 Å². The van der Waals surface area contributed by atoms with Crippen molar-refractivity contribution in [1.29, 1.82) is 0 Å². The van der Waals surface area contributed by atoms with E-state index < -0.39 is 0 Å². The van der Waals surface area contributed by atoms with Gasteiger partial charge in [0.25, 0.3) is 0 Å². The van der Waals surface area contributed by atoms with Gasteiger partial charge >= 0.3 is 0 Å². The van der Waals surface area contributed by atoms with E-state index in [1.54, 1.807) is 0 Å². The Bertz CT molecular complexity index is 3390. The summed E-state index contributed by atoms with van der Waals surface area (Å²) in [5.74, 6) is 0. The normalized spacial score (nSPS) is 13.5. The molecule has 10 aromatic carbocycles. The maximum absolute atomic E-state index is 2.47. The van der Waals surface area contributed by atoms with Crippen LogP contribution in [0.2, 0.25) is 0 Å². The predicted octanol–water partition coefficient (Wildman–Crippen LogP) is 18.9. The molecule has 2 heteroatoms. The van der Waals surface area contributed by atoms with Gasteiger partial charge in [0.2, 0.25) is 0 Å². The number of benzene rings is 10. The molecule has 0 aliphatic heterocycles. The van der Waals surface area contributed by atoms with Crippen LogP contribution in [0.1, 0.15) is 61.1 Å². The fourth-order valence-corrected chi connectivity index (χ4v) is 11.8. The van der Waals surface area contributed by atoms with E-state index in [1.807, 2.05) is 0 Å². The monoisotopic (exact) mass is 900 g/mol. The number of para-hydroxylation sites is 2. The number of nitrogens with zero attached hydrogens (tertiary/aromatic N) is 2. The van der Waals surface area contributed by atoms with E-state index in [-0.39, 0.29) is 10.8 Å². The summed E-state index contributed by atoms with van der Waals surface area (Å²) >= 11 is 0. The summed E-state index contributed by atoms with van der Waals surface area (Å²) in [7, 11) is 0. The SMILES string of the molecule is Cc1cc(N(c2ccc3c(c2)C(C)(C)c2ccccc2-3)c2ccccc2-c2ccccc2)ccc1-c1ccc(N(c2ccc3c(c2)C(C)(C)c2ccccc2-3)c2ccccc2-c2ccccc2)cc1C. The van der Waals surface area contributed by atoms with Crippen LogP contribution in [0.5, 0.6) is 0 Å². The lowest BCUT2D eigenvalue weighted by molar-refractivity contribution is 0.660. The lowest BCUT2D eigenvalue weighted by Crippen LogP contribution is -2.17. The molecule has 0 unspecified atom stereocenters. The standard InChI is InChI=1S/C68H56N2/c1-45-41-49(69(65-31-19-15-25-55(65)47-21-9-7-10-22-47)51-35-39-59-57-27-13-17-29-61(57)67(3,4)63(59)43-51)33-37-53(45)54-38-34-50(42-46(54)2)70(66-32-20-16-26-56(66)48-23-11-8-12-24-48)52-36-40-60-58-28-14-18-30-62(58)68(5,6)64(60)44-52/h7-44H,1-6H3. The molecule has 2 aliphatic carbocycles. The lowest BCUT2D eigenvalue weighted by Gasteiger charge is -2.31. The second-order valence-corrected chi connectivity index (χ2v) is 20.2. The third-order valence-electron chi connectivity index (χ3n) is 15.3. The second kappa shape index (κ2) is 16.8. The lowest BCUT2D eigenvalue weighted by atomic mass is 9.82. The Morgan fingerprint density at radius 2 is 0.557 bits per heavy atom. The van der Waals surface area contributed by atoms with Crippen molar-refractivity contribution in [2.75, 3.05) is 9.80 Å². The van der Waals surface area contributed by atoms with E-state index in [0.29, 0.717) is 0 Å². The molecule has 0 heterocycles. The van der Waals surface area contributed by atoms with Gasteiger partial charge in [0.1, 0.15) is 0 Å². The van der Waals surface area contributed by atoms with E-state index in [0.717, 1.165) is 34.1 Å². The largest absolute Gasteiger partial charge is 0.310 e. The molecule has 0 N–H and O–H groups in total. The molecule has 0 amide bonds. The minimum atomic E-state index is -0.127. The zero-order valence-electron chi connectivity index (χ0n) is 40.8. The van der Waals surface area contributed by atoms with Crippen LogP contribution in [0, 0.1) is 13.8 Å². The third-order valence-corrected chi connectivity index (χ3v) is 15.3. The Morgan fingerprint density at radius 1 is 0.257 bits per heavy atom. The highest BCUT2D eigenvalue weighted by atomic mass is 15.2. The maximum Gasteiger partial charge on any atom is 0.0540 e. The van der Waals surface area contributed by atoms with Gasteiger partial charge in [-0.05, 0) is 152 Å². The highest BCUT2D eigenvalue weighted by molar-refractivity contribution is 5.94. The molecule has 70 heavy (non-hydrogen) atoms. The van der Waals surface area contributed by atoms with Crippen LogP contribution in [0.25, 0.3) is 55.6 Å². The summed E-state index contributed by atoms with van der Waals surface area (Å²) < 4.78 is 0. The molecule has 0 saturated heterocycles. The van der Waals surface area contributed by atoms with E-state index >= 15 is 0 Å². The number of rotatable bonds is 9. The molecule has 0 fully saturated rings. The highest BCUT2D eigenvalue weighted by Crippen LogP contribution is 2.53. The number of fused-ring (bicyclic) bond motifs is 6. The van der Waals surface area contributed by atoms with Gasteiger partial charge in [-0.2, -0.15) is 0 Å². The summed E-state index contributed by atoms with van der Waals surface area (Å²) in [5, 5.41) is 0. The zero-order valence-corrected chi connectivity index (χ0v) is 40.8. The minimum Gasteiger partial charge on any atom is -0.310 e. The van der Waals surface area contributed by atoms with Crippen LogP contribution in [-0.2, 0) is 10.8 Å². The van der Waals surface area contributed by atoms with Crippen LogP contribution in [0.4, 0.5) is 34.1 Å². The fraction of sp³-hybridized carbons (Fsp3) is 0.118. The Hall–Kier alpha value is -8.20. The molecular formula is C68H56N2. The second-order valence-electron chi connectivity index (χ2n) is 20.2. The molecule has 0 atom stereocenters. The maximum atomic E-state index is 2.47. The number of hydrogen-bond acceptors (Lipinski definition) is 2. The van der Waals surface area contributed by atoms with Crippen LogP contribution in [0.3, 0.4) is 0 Å². The van der Waals surface area contributed by atoms with Crippen molar-refractivity contribution >= 4 is 34.1 Å². The van der Waals surface area contributed by atoms with Crippen molar-refractivity contribution in [2.45, 2.75) is 52.4 Å².